The van der Waals surface area contributed by atoms with Crippen LogP contribution in [0.3, 0.4) is 0 Å². The number of hydrogen-bond acceptors (Lipinski definition) is 6. The minimum absolute atomic E-state index is 0.150. The number of fused-ring (bicyclic) bond motifs is 2. The maximum absolute atomic E-state index is 13.2. The van der Waals surface area contributed by atoms with Gasteiger partial charge in [0.05, 0.1) is 16.0 Å². The van der Waals surface area contributed by atoms with E-state index in [1.165, 1.54) is 35.2 Å². The van der Waals surface area contributed by atoms with Crippen molar-refractivity contribution >= 4 is 55.5 Å². The molecule has 2 heterocycles. The number of thioether (sulfide) groups is 1. The molecular weight excluding hydrogens is 349 g/mol. The number of nitrogens with zero attached hydrogens (tertiary/aromatic N) is 2. The summed E-state index contributed by atoms with van der Waals surface area (Å²) in [6.07, 6.45) is 0. The van der Waals surface area contributed by atoms with Crippen molar-refractivity contribution in [3.8, 4) is 0 Å². The van der Waals surface area contributed by atoms with Gasteiger partial charge in [0, 0.05) is 0 Å². The topological polar surface area (TPSA) is 68.0 Å². The predicted octanol–water partition coefficient (Wildman–Crippen LogP) is 4.31. The molecule has 0 radical (unpaired) electrons. The molecule has 8 heteroatoms. The number of oxazole rings is 1. The second-order valence-electron chi connectivity index (χ2n) is 4.92. The molecule has 0 aliphatic heterocycles. The van der Waals surface area contributed by atoms with Crippen LogP contribution in [0.4, 0.5) is 9.52 Å². The fraction of sp³-hybridized carbons (Fsp3) is 0.0625. The van der Waals surface area contributed by atoms with Crippen molar-refractivity contribution in [3.63, 3.8) is 0 Å². The zero-order valence-corrected chi connectivity index (χ0v) is 13.8. The molecular formula is C16H10FN3O2S2. The first-order valence-electron chi connectivity index (χ1n) is 7.02. The lowest BCUT2D eigenvalue weighted by Gasteiger charge is -1.98. The lowest BCUT2D eigenvalue weighted by Crippen LogP contribution is -2.13. The van der Waals surface area contributed by atoms with Crippen LogP contribution in [0.1, 0.15) is 0 Å². The van der Waals surface area contributed by atoms with Crippen molar-refractivity contribution in [2.75, 3.05) is 11.1 Å². The Morgan fingerprint density at radius 1 is 1.21 bits per heavy atom. The molecule has 1 N–H and O–H groups in total. The van der Waals surface area contributed by atoms with Gasteiger partial charge in [-0.15, -0.1) is 0 Å². The van der Waals surface area contributed by atoms with E-state index in [0.29, 0.717) is 26.2 Å². The summed E-state index contributed by atoms with van der Waals surface area (Å²) in [5.41, 5.74) is 2.10. The van der Waals surface area contributed by atoms with Crippen LogP contribution in [0.2, 0.25) is 0 Å². The molecule has 0 spiro atoms. The Labute approximate surface area is 143 Å². The largest absolute Gasteiger partial charge is 0.431 e. The van der Waals surface area contributed by atoms with E-state index in [4.69, 9.17) is 4.42 Å². The minimum Gasteiger partial charge on any atom is -0.431 e. The minimum atomic E-state index is -0.324. The first-order valence-corrected chi connectivity index (χ1v) is 8.82. The third-order valence-corrected chi connectivity index (χ3v) is 4.96. The number of nitrogens with one attached hydrogen (secondary N) is 1. The van der Waals surface area contributed by atoms with Crippen molar-refractivity contribution in [3.05, 3.63) is 48.3 Å². The zero-order valence-electron chi connectivity index (χ0n) is 12.2. The molecule has 5 nitrogen and oxygen atoms in total. The smallest absolute Gasteiger partial charge is 0.257 e. The van der Waals surface area contributed by atoms with E-state index in [1.54, 1.807) is 6.07 Å². The van der Waals surface area contributed by atoms with E-state index in [-0.39, 0.29) is 17.5 Å². The molecule has 0 saturated heterocycles. The Kier molecular flexibility index (Phi) is 3.91. The Bertz CT molecular complexity index is 1010. The van der Waals surface area contributed by atoms with Crippen molar-refractivity contribution in [1.82, 2.24) is 9.97 Å². The van der Waals surface area contributed by atoms with Crippen molar-refractivity contribution in [1.29, 1.82) is 0 Å². The molecule has 2 aromatic carbocycles. The van der Waals surface area contributed by atoms with Gasteiger partial charge in [0.2, 0.25) is 5.91 Å². The second kappa shape index (κ2) is 6.21. The number of rotatable bonds is 4. The fourth-order valence-electron chi connectivity index (χ4n) is 2.15. The number of halogens is 1. The van der Waals surface area contributed by atoms with Gasteiger partial charge >= 0.3 is 0 Å². The molecule has 0 bridgehead atoms. The lowest BCUT2D eigenvalue weighted by molar-refractivity contribution is -0.113. The molecule has 0 aliphatic rings. The third-order valence-electron chi connectivity index (χ3n) is 3.20. The number of carbonyl (C=O) groups excluding carboxylic acids is 1. The molecule has 0 aliphatic carbocycles. The Hall–Kier alpha value is -2.45. The monoisotopic (exact) mass is 359 g/mol. The zero-order chi connectivity index (χ0) is 16.5. The molecule has 4 rings (SSSR count). The molecule has 1 amide bonds. The number of thiazole rings is 1. The normalized spacial score (nSPS) is 11.2. The van der Waals surface area contributed by atoms with E-state index in [0.717, 1.165) is 5.52 Å². The number of para-hydroxylation sites is 2. The van der Waals surface area contributed by atoms with Crippen LogP contribution < -0.4 is 5.32 Å². The van der Waals surface area contributed by atoms with Gasteiger partial charge in [-0.3, -0.25) is 4.79 Å². The Morgan fingerprint density at radius 2 is 2.08 bits per heavy atom. The quantitative estimate of drug-likeness (QED) is 0.550. The predicted molar refractivity (Wildman–Crippen MR) is 92.9 cm³/mol. The van der Waals surface area contributed by atoms with Gasteiger partial charge in [-0.2, -0.15) is 0 Å². The summed E-state index contributed by atoms with van der Waals surface area (Å²) in [6, 6.07) is 11.7. The highest BCUT2D eigenvalue weighted by Crippen LogP contribution is 2.27. The van der Waals surface area contributed by atoms with Crippen molar-refractivity contribution in [2.24, 2.45) is 0 Å². The van der Waals surface area contributed by atoms with Crippen molar-refractivity contribution in [2.45, 2.75) is 5.22 Å². The first kappa shape index (κ1) is 15.1. The summed E-state index contributed by atoms with van der Waals surface area (Å²) in [4.78, 5) is 20.6. The Morgan fingerprint density at radius 3 is 2.96 bits per heavy atom. The van der Waals surface area contributed by atoms with E-state index < -0.39 is 0 Å². The SMILES string of the molecule is O=C(CSc1nc2ccccc2o1)Nc1nc2ccc(F)cc2s1. The maximum atomic E-state index is 13.2. The molecule has 0 atom stereocenters. The molecule has 0 saturated carbocycles. The lowest BCUT2D eigenvalue weighted by atomic mass is 10.3. The molecule has 4 aromatic rings. The third kappa shape index (κ3) is 3.10. The molecule has 0 fully saturated rings. The van der Waals surface area contributed by atoms with Crippen LogP contribution in [0.25, 0.3) is 21.3 Å². The van der Waals surface area contributed by atoms with Crippen molar-refractivity contribution < 1.29 is 13.6 Å². The van der Waals surface area contributed by atoms with E-state index in [9.17, 15) is 9.18 Å². The number of anilines is 1. The summed E-state index contributed by atoms with van der Waals surface area (Å²) in [5.74, 6) is -0.394. The second-order valence-corrected chi connectivity index (χ2v) is 6.87. The fourth-order valence-corrected chi connectivity index (χ4v) is 3.69. The standard InChI is InChI=1S/C16H10FN3O2S2/c17-9-5-6-11-13(7-9)24-15(18-11)20-14(21)8-23-16-19-10-3-1-2-4-12(10)22-16/h1-7H,8H2,(H,18,20,21). The van der Waals surface area contributed by atoms with Gasteiger partial charge in [0.15, 0.2) is 10.7 Å². The molecule has 2 aromatic heterocycles. The van der Waals surface area contributed by atoms with Gasteiger partial charge in [-0.05, 0) is 30.3 Å². The summed E-state index contributed by atoms with van der Waals surface area (Å²) in [5, 5.41) is 3.60. The number of hydrogen-bond donors (Lipinski definition) is 1. The highest BCUT2D eigenvalue weighted by molar-refractivity contribution is 7.99. The van der Waals surface area contributed by atoms with Crippen LogP contribution in [-0.2, 0) is 4.79 Å². The molecule has 0 unspecified atom stereocenters. The summed E-state index contributed by atoms with van der Waals surface area (Å²) in [6.45, 7) is 0. The summed E-state index contributed by atoms with van der Waals surface area (Å²) < 4.78 is 19.4. The molecule has 120 valence electrons. The van der Waals surface area contributed by atoms with Gasteiger partial charge in [-0.25, -0.2) is 14.4 Å². The van der Waals surface area contributed by atoms with Gasteiger partial charge in [-0.1, -0.05) is 35.2 Å². The number of amides is 1. The van der Waals surface area contributed by atoms with E-state index >= 15 is 0 Å². The average molecular weight is 359 g/mol. The first-order chi connectivity index (χ1) is 11.7. The van der Waals surface area contributed by atoms with Crippen LogP contribution in [0, 0.1) is 5.82 Å². The van der Waals surface area contributed by atoms with E-state index in [1.807, 2.05) is 24.3 Å². The van der Waals surface area contributed by atoms with Crippen LogP contribution in [0.5, 0.6) is 0 Å². The highest BCUT2D eigenvalue weighted by atomic mass is 32.2. The Balaban J connectivity index is 1.42. The van der Waals surface area contributed by atoms with E-state index in [2.05, 4.69) is 15.3 Å². The average Bonchev–Trinajstić information content (AvgIpc) is 3.15. The number of aromatic nitrogens is 2. The van der Waals surface area contributed by atoms with Gasteiger partial charge in [0.1, 0.15) is 11.3 Å². The highest BCUT2D eigenvalue weighted by Gasteiger charge is 2.11. The molecule has 24 heavy (non-hydrogen) atoms. The summed E-state index contributed by atoms with van der Waals surface area (Å²) in [7, 11) is 0. The van der Waals surface area contributed by atoms with Gasteiger partial charge in [0.25, 0.3) is 5.22 Å². The summed E-state index contributed by atoms with van der Waals surface area (Å²) >= 11 is 2.44. The van der Waals surface area contributed by atoms with Crippen LogP contribution in [0.15, 0.2) is 52.1 Å². The van der Waals surface area contributed by atoms with Crippen LogP contribution >= 0.6 is 23.1 Å². The van der Waals surface area contributed by atoms with Crippen LogP contribution in [-0.4, -0.2) is 21.6 Å². The van der Waals surface area contributed by atoms with Gasteiger partial charge < -0.3 is 9.73 Å². The maximum Gasteiger partial charge on any atom is 0.257 e. The number of benzene rings is 2. The number of carbonyl (C=O) groups is 1.